The molecule has 0 aliphatic heterocycles. The second-order valence-electron chi connectivity index (χ2n) is 5.23. The number of nitrogens with one attached hydrogen (secondary N) is 1. The first-order chi connectivity index (χ1) is 11.9. The van der Waals surface area contributed by atoms with Crippen LogP contribution in [0.4, 0.5) is 0 Å². The van der Waals surface area contributed by atoms with Crippen LogP contribution in [-0.4, -0.2) is 32.1 Å². The molecule has 0 aliphatic carbocycles. The van der Waals surface area contributed by atoms with Gasteiger partial charge in [-0.3, -0.25) is 4.79 Å². The topological polar surface area (TPSA) is 64.6 Å². The van der Waals surface area contributed by atoms with Crippen LogP contribution in [-0.2, 0) is 16.0 Å². The summed E-state index contributed by atoms with van der Waals surface area (Å²) in [4.78, 5) is 24.4. The van der Waals surface area contributed by atoms with Gasteiger partial charge in [0.1, 0.15) is 11.8 Å². The Morgan fingerprint density at radius 2 is 1.76 bits per heavy atom. The maximum Gasteiger partial charge on any atom is 0.328 e. The second kappa shape index (κ2) is 8.74. The Balaban J connectivity index is 2.16. The standard InChI is InChI=1S/C18H17Cl2NO4/c1-24-16-8-3-11(9-14(16)20)10-15(18(23)25-2)21-17(22)12-4-6-13(19)7-5-12/h3-9,15H,10H2,1-2H3,(H,21,22)/t15-/m0/s1. The van der Waals surface area contributed by atoms with Gasteiger partial charge in [0, 0.05) is 17.0 Å². The van der Waals surface area contributed by atoms with Gasteiger partial charge in [-0.2, -0.15) is 0 Å². The molecule has 5 nitrogen and oxygen atoms in total. The number of hydrogen-bond acceptors (Lipinski definition) is 4. The van der Waals surface area contributed by atoms with Crippen LogP contribution in [0.15, 0.2) is 42.5 Å². The molecule has 0 aromatic heterocycles. The van der Waals surface area contributed by atoms with Crippen molar-refractivity contribution in [3.63, 3.8) is 0 Å². The largest absolute Gasteiger partial charge is 0.495 e. The molecule has 0 saturated carbocycles. The number of hydrogen-bond donors (Lipinski definition) is 1. The lowest BCUT2D eigenvalue weighted by Crippen LogP contribution is -2.43. The summed E-state index contributed by atoms with van der Waals surface area (Å²) < 4.78 is 9.88. The first kappa shape index (κ1) is 19.1. The summed E-state index contributed by atoms with van der Waals surface area (Å²) in [6, 6.07) is 10.7. The monoisotopic (exact) mass is 381 g/mol. The minimum Gasteiger partial charge on any atom is -0.495 e. The molecule has 0 spiro atoms. The highest BCUT2D eigenvalue weighted by molar-refractivity contribution is 6.32. The van der Waals surface area contributed by atoms with Crippen LogP contribution in [0.25, 0.3) is 0 Å². The summed E-state index contributed by atoms with van der Waals surface area (Å²) in [6.45, 7) is 0. The summed E-state index contributed by atoms with van der Waals surface area (Å²) in [6.07, 6.45) is 0.232. The smallest absolute Gasteiger partial charge is 0.328 e. The summed E-state index contributed by atoms with van der Waals surface area (Å²) in [5, 5.41) is 3.62. The summed E-state index contributed by atoms with van der Waals surface area (Å²) in [5.41, 5.74) is 1.16. The van der Waals surface area contributed by atoms with E-state index < -0.39 is 17.9 Å². The number of halogens is 2. The third-order valence-electron chi connectivity index (χ3n) is 3.55. The van der Waals surface area contributed by atoms with Crippen LogP contribution in [0, 0.1) is 0 Å². The van der Waals surface area contributed by atoms with Crippen molar-refractivity contribution in [3.8, 4) is 5.75 Å². The van der Waals surface area contributed by atoms with Crippen LogP contribution < -0.4 is 10.1 Å². The number of rotatable bonds is 6. The normalized spacial score (nSPS) is 11.5. The summed E-state index contributed by atoms with van der Waals surface area (Å²) >= 11 is 11.9. The molecule has 132 valence electrons. The van der Waals surface area contributed by atoms with Crippen molar-refractivity contribution < 1.29 is 19.1 Å². The number of amides is 1. The third-order valence-corrected chi connectivity index (χ3v) is 4.10. The molecule has 1 atom stereocenters. The number of ether oxygens (including phenoxy) is 2. The van der Waals surface area contributed by atoms with Gasteiger partial charge in [-0.25, -0.2) is 4.79 Å². The van der Waals surface area contributed by atoms with Crippen LogP contribution in [0.5, 0.6) is 5.75 Å². The van der Waals surface area contributed by atoms with Crippen molar-refractivity contribution in [1.82, 2.24) is 5.32 Å². The highest BCUT2D eigenvalue weighted by Gasteiger charge is 2.23. The van der Waals surface area contributed by atoms with Crippen molar-refractivity contribution in [1.29, 1.82) is 0 Å². The molecule has 0 radical (unpaired) electrons. The first-order valence-corrected chi connectivity index (χ1v) is 8.17. The average molecular weight is 382 g/mol. The van der Waals surface area contributed by atoms with E-state index in [9.17, 15) is 9.59 Å². The Bertz CT molecular complexity index is 762. The van der Waals surface area contributed by atoms with E-state index in [2.05, 4.69) is 5.32 Å². The Morgan fingerprint density at radius 1 is 1.08 bits per heavy atom. The molecule has 0 saturated heterocycles. The Hall–Kier alpha value is -2.24. The SMILES string of the molecule is COC(=O)[C@H](Cc1ccc(OC)c(Cl)c1)NC(=O)c1ccc(Cl)cc1. The second-order valence-corrected chi connectivity index (χ2v) is 6.07. The van der Waals surface area contributed by atoms with E-state index in [-0.39, 0.29) is 6.42 Å². The maximum absolute atomic E-state index is 12.3. The zero-order valence-corrected chi connectivity index (χ0v) is 15.2. The van der Waals surface area contributed by atoms with Gasteiger partial charge in [0.2, 0.25) is 0 Å². The number of esters is 1. The molecule has 2 aromatic carbocycles. The van der Waals surface area contributed by atoms with Crippen molar-refractivity contribution in [2.24, 2.45) is 0 Å². The molecular formula is C18H17Cl2NO4. The predicted molar refractivity (Wildman–Crippen MR) is 96.4 cm³/mol. The molecule has 1 N–H and O–H groups in total. The summed E-state index contributed by atoms with van der Waals surface area (Å²) in [7, 11) is 2.79. The zero-order valence-electron chi connectivity index (χ0n) is 13.7. The molecule has 0 unspecified atom stereocenters. The van der Waals surface area contributed by atoms with E-state index in [0.717, 1.165) is 5.56 Å². The van der Waals surface area contributed by atoms with E-state index in [1.807, 2.05) is 0 Å². The zero-order chi connectivity index (χ0) is 18.4. The van der Waals surface area contributed by atoms with Crippen molar-refractivity contribution in [3.05, 3.63) is 63.6 Å². The minimum atomic E-state index is -0.849. The number of benzene rings is 2. The number of carbonyl (C=O) groups is 2. The summed E-state index contributed by atoms with van der Waals surface area (Å²) in [5.74, 6) is -0.411. The molecular weight excluding hydrogens is 365 g/mol. The van der Waals surface area contributed by atoms with E-state index in [0.29, 0.717) is 21.4 Å². The first-order valence-electron chi connectivity index (χ1n) is 7.41. The van der Waals surface area contributed by atoms with Crippen LogP contribution in [0.2, 0.25) is 10.0 Å². The van der Waals surface area contributed by atoms with Gasteiger partial charge in [0.05, 0.1) is 19.2 Å². The van der Waals surface area contributed by atoms with E-state index in [4.69, 9.17) is 32.7 Å². The lowest BCUT2D eigenvalue weighted by molar-refractivity contribution is -0.142. The minimum absolute atomic E-state index is 0.232. The Kier molecular flexibility index (Phi) is 6.67. The van der Waals surface area contributed by atoms with Crippen LogP contribution in [0.3, 0.4) is 0 Å². The molecule has 0 aliphatic rings. The van der Waals surface area contributed by atoms with Crippen molar-refractivity contribution >= 4 is 35.1 Å². The predicted octanol–water partition coefficient (Wildman–Crippen LogP) is 3.52. The van der Waals surface area contributed by atoms with Crippen molar-refractivity contribution in [2.45, 2.75) is 12.5 Å². The van der Waals surface area contributed by atoms with Crippen LogP contribution in [0.1, 0.15) is 15.9 Å². The van der Waals surface area contributed by atoms with E-state index in [1.54, 1.807) is 42.5 Å². The van der Waals surface area contributed by atoms with Gasteiger partial charge in [-0.15, -0.1) is 0 Å². The highest BCUT2D eigenvalue weighted by atomic mass is 35.5. The van der Waals surface area contributed by atoms with Crippen LogP contribution >= 0.6 is 23.2 Å². The molecule has 0 fully saturated rings. The lowest BCUT2D eigenvalue weighted by Gasteiger charge is -2.17. The Labute approximate surface area is 155 Å². The molecule has 25 heavy (non-hydrogen) atoms. The van der Waals surface area contributed by atoms with Gasteiger partial charge < -0.3 is 14.8 Å². The third kappa shape index (κ3) is 5.11. The molecule has 2 aromatic rings. The van der Waals surface area contributed by atoms with E-state index >= 15 is 0 Å². The Morgan fingerprint density at radius 3 is 2.32 bits per heavy atom. The van der Waals surface area contributed by atoms with Gasteiger partial charge in [-0.05, 0) is 42.0 Å². The molecule has 2 rings (SSSR count). The van der Waals surface area contributed by atoms with Gasteiger partial charge in [0.15, 0.2) is 0 Å². The van der Waals surface area contributed by atoms with Crippen molar-refractivity contribution in [2.75, 3.05) is 14.2 Å². The number of carbonyl (C=O) groups excluding carboxylic acids is 2. The fourth-order valence-corrected chi connectivity index (χ4v) is 2.66. The van der Waals surface area contributed by atoms with E-state index in [1.165, 1.54) is 14.2 Å². The quantitative estimate of drug-likeness (QED) is 0.777. The fourth-order valence-electron chi connectivity index (χ4n) is 2.25. The highest BCUT2D eigenvalue weighted by Crippen LogP contribution is 2.25. The van der Waals surface area contributed by atoms with Gasteiger partial charge >= 0.3 is 5.97 Å². The van der Waals surface area contributed by atoms with Gasteiger partial charge in [0.25, 0.3) is 5.91 Å². The molecule has 0 heterocycles. The molecule has 7 heteroatoms. The lowest BCUT2D eigenvalue weighted by atomic mass is 10.0. The molecule has 0 bridgehead atoms. The molecule has 1 amide bonds. The fraction of sp³-hybridized carbons (Fsp3) is 0.222. The van der Waals surface area contributed by atoms with Gasteiger partial charge in [-0.1, -0.05) is 29.3 Å². The maximum atomic E-state index is 12.3. The number of methoxy groups -OCH3 is 2. The average Bonchev–Trinajstić information content (AvgIpc) is 2.61.